The van der Waals surface area contributed by atoms with Gasteiger partial charge in [-0.25, -0.2) is 0 Å². The maximum Gasteiger partial charge on any atom is 0.236 e. The van der Waals surface area contributed by atoms with Crippen LogP contribution in [0.2, 0.25) is 0 Å². The Labute approximate surface area is 105 Å². The van der Waals surface area contributed by atoms with Crippen LogP contribution >= 0.6 is 15.9 Å². The highest BCUT2D eigenvalue weighted by Crippen LogP contribution is 2.15. The van der Waals surface area contributed by atoms with Crippen molar-refractivity contribution in [1.29, 1.82) is 10.5 Å². The molecule has 0 aliphatic carbocycles. The Kier molecular flexibility index (Phi) is 7.58. The van der Waals surface area contributed by atoms with Crippen LogP contribution in [0.1, 0.15) is 26.7 Å². The summed E-state index contributed by atoms with van der Waals surface area (Å²) < 4.78 is 0. The average molecular weight is 286 g/mol. The Morgan fingerprint density at radius 3 is 2.00 bits per heavy atom. The molecule has 0 aromatic carbocycles. The molecule has 0 N–H and O–H groups in total. The van der Waals surface area contributed by atoms with E-state index in [1.54, 1.807) is 4.90 Å². The molecule has 0 aliphatic heterocycles. The smallest absolute Gasteiger partial charge is 0.236 e. The second-order valence-corrected chi connectivity index (χ2v) is 4.77. The topological polar surface area (TPSA) is 67.9 Å². The van der Waals surface area contributed by atoms with Crippen molar-refractivity contribution in [3.63, 3.8) is 0 Å². The van der Waals surface area contributed by atoms with Gasteiger partial charge in [-0.15, -0.1) is 0 Å². The zero-order chi connectivity index (χ0) is 12.6. The molecule has 1 unspecified atom stereocenters. The number of alkyl halides is 1. The van der Waals surface area contributed by atoms with Crippen molar-refractivity contribution < 1.29 is 4.79 Å². The highest BCUT2D eigenvalue weighted by molar-refractivity contribution is 9.10. The Morgan fingerprint density at radius 1 is 1.25 bits per heavy atom. The molecule has 0 fully saturated rings. The number of carbonyl (C=O) groups excluding carboxylic acids is 1. The molecule has 0 aromatic rings. The number of amides is 1. The Hall–Kier alpha value is -1.07. The molecule has 1 amide bonds. The molecule has 0 radical (unpaired) electrons. The Bertz CT molecular complexity index is 285. The van der Waals surface area contributed by atoms with Crippen LogP contribution in [0, 0.1) is 28.6 Å². The van der Waals surface area contributed by atoms with Crippen LogP contribution in [0.3, 0.4) is 0 Å². The summed E-state index contributed by atoms with van der Waals surface area (Å²) in [5.41, 5.74) is 0. The lowest BCUT2D eigenvalue weighted by Gasteiger charge is -2.24. The number of carbonyl (C=O) groups is 1. The van der Waals surface area contributed by atoms with Crippen LogP contribution < -0.4 is 0 Å². The second kappa shape index (κ2) is 8.13. The summed E-state index contributed by atoms with van der Waals surface area (Å²) in [6.07, 6.45) is 0.601. The predicted octanol–water partition coefficient (Wildman–Crippen LogP) is 2.06. The predicted molar refractivity (Wildman–Crippen MR) is 64.6 cm³/mol. The average Bonchev–Trinajstić information content (AvgIpc) is 2.27. The summed E-state index contributed by atoms with van der Waals surface area (Å²) in [6, 6.07) is 4.01. The quantitative estimate of drug-likeness (QED) is 0.702. The van der Waals surface area contributed by atoms with Gasteiger partial charge >= 0.3 is 0 Å². The van der Waals surface area contributed by atoms with Gasteiger partial charge in [0.05, 0.1) is 29.8 Å². The fourth-order valence-corrected chi connectivity index (χ4v) is 1.45. The minimum atomic E-state index is -0.245. The van der Waals surface area contributed by atoms with E-state index in [1.807, 2.05) is 26.0 Å². The molecular formula is C11H16BrN3O. The first-order chi connectivity index (χ1) is 7.54. The molecule has 4 nitrogen and oxygen atoms in total. The largest absolute Gasteiger partial charge is 0.340 e. The van der Waals surface area contributed by atoms with Crippen molar-refractivity contribution in [3.05, 3.63) is 0 Å². The van der Waals surface area contributed by atoms with Gasteiger partial charge in [-0.05, 0) is 5.92 Å². The molecule has 0 saturated carbocycles. The van der Waals surface area contributed by atoms with Crippen LogP contribution in [0.5, 0.6) is 0 Å². The van der Waals surface area contributed by atoms with Gasteiger partial charge in [-0.1, -0.05) is 29.8 Å². The van der Waals surface area contributed by atoms with E-state index in [4.69, 9.17) is 10.5 Å². The minimum Gasteiger partial charge on any atom is -0.340 e. The standard InChI is InChI=1S/C11H16BrN3O/c1-9(2)10(12)11(16)15(7-3-5-13)8-4-6-14/h9-10H,3-4,7-8H2,1-2H3. The van der Waals surface area contributed by atoms with Crippen LogP contribution in [-0.4, -0.2) is 28.7 Å². The SMILES string of the molecule is CC(C)C(Br)C(=O)N(CCC#N)CCC#N. The molecule has 0 saturated heterocycles. The summed E-state index contributed by atoms with van der Waals surface area (Å²) in [5, 5.41) is 17.0. The van der Waals surface area contributed by atoms with E-state index >= 15 is 0 Å². The van der Waals surface area contributed by atoms with Gasteiger partial charge in [0, 0.05) is 13.1 Å². The summed E-state index contributed by atoms with van der Waals surface area (Å²) in [5.74, 6) is 0.152. The Morgan fingerprint density at radius 2 is 1.69 bits per heavy atom. The summed E-state index contributed by atoms with van der Waals surface area (Å²) in [7, 11) is 0. The molecule has 0 aliphatic rings. The van der Waals surface area contributed by atoms with Gasteiger partial charge < -0.3 is 4.90 Å². The number of nitriles is 2. The van der Waals surface area contributed by atoms with Crippen LogP contribution in [-0.2, 0) is 4.79 Å². The third-order valence-electron chi connectivity index (χ3n) is 2.12. The van der Waals surface area contributed by atoms with E-state index in [2.05, 4.69) is 15.9 Å². The van der Waals surface area contributed by atoms with E-state index < -0.39 is 0 Å². The molecule has 0 rings (SSSR count). The normalized spacial score (nSPS) is 11.6. The first kappa shape index (κ1) is 14.9. The van der Waals surface area contributed by atoms with Crippen molar-refractivity contribution in [3.8, 4) is 12.1 Å². The zero-order valence-corrected chi connectivity index (χ0v) is 11.2. The van der Waals surface area contributed by atoms with Crippen molar-refractivity contribution in [2.75, 3.05) is 13.1 Å². The van der Waals surface area contributed by atoms with Crippen molar-refractivity contribution >= 4 is 21.8 Å². The molecule has 16 heavy (non-hydrogen) atoms. The van der Waals surface area contributed by atoms with Gasteiger partial charge in [-0.2, -0.15) is 10.5 Å². The van der Waals surface area contributed by atoms with Gasteiger partial charge in [0.2, 0.25) is 5.91 Å². The number of hydrogen-bond donors (Lipinski definition) is 0. The number of rotatable bonds is 6. The Balaban J connectivity index is 4.44. The third-order valence-corrected chi connectivity index (χ3v) is 3.57. The molecule has 0 heterocycles. The lowest BCUT2D eigenvalue weighted by Crippen LogP contribution is -2.39. The van der Waals surface area contributed by atoms with E-state index in [-0.39, 0.29) is 16.7 Å². The van der Waals surface area contributed by atoms with Crippen molar-refractivity contribution in [1.82, 2.24) is 4.90 Å². The van der Waals surface area contributed by atoms with E-state index in [0.29, 0.717) is 25.9 Å². The number of nitrogens with zero attached hydrogens (tertiary/aromatic N) is 3. The molecule has 1 atom stereocenters. The van der Waals surface area contributed by atoms with Gasteiger partial charge in [0.1, 0.15) is 0 Å². The van der Waals surface area contributed by atoms with Gasteiger partial charge in [0.15, 0.2) is 0 Å². The molecule has 5 heteroatoms. The molecular weight excluding hydrogens is 270 g/mol. The van der Waals surface area contributed by atoms with Crippen LogP contribution in [0.4, 0.5) is 0 Å². The van der Waals surface area contributed by atoms with E-state index in [9.17, 15) is 4.79 Å². The van der Waals surface area contributed by atoms with Crippen LogP contribution in [0.15, 0.2) is 0 Å². The summed E-state index contributed by atoms with van der Waals surface area (Å²) >= 11 is 3.34. The number of halogens is 1. The van der Waals surface area contributed by atoms with Gasteiger partial charge in [-0.3, -0.25) is 4.79 Å². The maximum atomic E-state index is 12.0. The highest BCUT2D eigenvalue weighted by Gasteiger charge is 2.23. The van der Waals surface area contributed by atoms with E-state index in [1.165, 1.54) is 0 Å². The molecule has 88 valence electrons. The maximum absolute atomic E-state index is 12.0. The minimum absolute atomic E-state index is 0.0412. The summed E-state index contributed by atoms with van der Waals surface area (Å²) in [6.45, 7) is 4.69. The zero-order valence-electron chi connectivity index (χ0n) is 9.61. The molecule has 0 spiro atoms. The first-order valence-corrected chi connectivity index (χ1v) is 6.13. The van der Waals surface area contributed by atoms with Crippen molar-refractivity contribution in [2.24, 2.45) is 5.92 Å². The van der Waals surface area contributed by atoms with Gasteiger partial charge in [0.25, 0.3) is 0 Å². The molecule has 0 aromatic heterocycles. The van der Waals surface area contributed by atoms with Crippen LogP contribution in [0.25, 0.3) is 0 Å². The highest BCUT2D eigenvalue weighted by atomic mass is 79.9. The lowest BCUT2D eigenvalue weighted by molar-refractivity contribution is -0.131. The second-order valence-electron chi connectivity index (χ2n) is 3.79. The number of hydrogen-bond acceptors (Lipinski definition) is 3. The lowest BCUT2D eigenvalue weighted by atomic mass is 10.1. The fourth-order valence-electron chi connectivity index (χ4n) is 1.16. The third kappa shape index (κ3) is 5.14. The monoisotopic (exact) mass is 285 g/mol. The fraction of sp³-hybridized carbons (Fsp3) is 0.727. The van der Waals surface area contributed by atoms with Crippen molar-refractivity contribution in [2.45, 2.75) is 31.5 Å². The first-order valence-electron chi connectivity index (χ1n) is 5.21. The van der Waals surface area contributed by atoms with E-state index in [0.717, 1.165) is 0 Å². The summed E-state index contributed by atoms with van der Waals surface area (Å²) in [4.78, 5) is 13.3. The molecule has 0 bridgehead atoms.